The van der Waals surface area contributed by atoms with Crippen molar-refractivity contribution < 1.29 is 14.3 Å². The second kappa shape index (κ2) is 7.52. The van der Waals surface area contributed by atoms with Crippen LogP contribution in [0.4, 0.5) is 5.69 Å². The van der Waals surface area contributed by atoms with Crippen LogP contribution < -0.4 is 14.8 Å². The fourth-order valence-corrected chi connectivity index (χ4v) is 2.80. The van der Waals surface area contributed by atoms with Gasteiger partial charge in [0.05, 0.1) is 16.1 Å². The van der Waals surface area contributed by atoms with E-state index in [4.69, 9.17) is 32.7 Å². The second-order valence-corrected chi connectivity index (χ2v) is 6.71. The summed E-state index contributed by atoms with van der Waals surface area (Å²) in [6, 6.07) is 10.4. The Morgan fingerprint density at radius 3 is 2.68 bits per heavy atom. The van der Waals surface area contributed by atoms with E-state index in [1.54, 1.807) is 24.3 Å². The highest BCUT2D eigenvalue weighted by atomic mass is 35.5. The predicted octanol–water partition coefficient (Wildman–Crippen LogP) is 4.18. The molecule has 0 radical (unpaired) electrons. The van der Waals surface area contributed by atoms with E-state index >= 15 is 0 Å². The maximum Gasteiger partial charge on any atom is 0.241 e. The summed E-state index contributed by atoms with van der Waals surface area (Å²) in [4.78, 5) is 14.4. The Hall–Kier alpha value is -1.95. The lowest BCUT2D eigenvalue weighted by Crippen LogP contribution is -2.39. The average Bonchev–Trinajstić information content (AvgIpc) is 3.05. The lowest BCUT2D eigenvalue weighted by Gasteiger charge is -2.24. The Labute approximate surface area is 156 Å². The first-order valence-corrected chi connectivity index (χ1v) is 8.54. The van der Waals surface area contributed by atoms with Gasteiger partial charge in [-0.25, -0.2) is 0 Å². The molecule has 2 aromatic rings. The maximum atomic E-state index is 12.5. The minimum atomic E-state index is -0.333. The molecule has 132 valence electrons. The molecule has 0 saturated carbocycles. The summed E-state index contributed by atoms with van der Waals surface area (Å²) in [6.45, 7) is 2.63. The quantitative estimate of drug-likeness (QED) is 0.844. The number of nitrogens with one attached hydrogen (secondary N) is 1. The molecular weight excluding hydrogens is 363 g/mol. The average molecular weight is 381 g/mol. The van der Waals surface area contributed by atoms with Crippen molar-refractivity contribution in [3.05, 3.63) is 52.0 Å². The zero-order valence-electron chi connectivity index (χ0n) is 13.9. The van der Waals surface area contributed by atoms with Crippen LogP contribution in [-0.2, 0) is 11.3 Å². The van der Waals surface area contributed by atoms with Crippen LogP contribution >= 0.6 is 23.2 Å². The molecule has 0 aliphatic carbocycles. The SMILES string of the molecule is C[C@@H](C(=O)Nc1ccc2c(c1)OCO2)N(C)Cc1ccc(Cl)c(Cl)c1. The zero-order valence-corrected chi connectivity index (χ0v) is 15.4. The van der Waals surface area contributed by atoms with Crippen molar-refractivity contribution in [1.82, 2.24) is 4.90 Å². The van der Waals surface area contributed by atoms with Crippen molar-refractivity contribution in [1.29, 1.82) is 0 Å². The molecule has 5 nitrogen and oxygen atoms in total. The number of hydrogen-bond donors (Lipinski definition) is 1. The van der Waals surface area contributed by atoms with E-state index < -0.39 is 0 Å². The first-order chi connectivity index (χ1) is 11.9. The van der Waals surface area contributed by atoms with Crippen LogP contribution in [0.1, 0.15) is 12.5 Å². The molecule has 7 heteroatoms. The summed E-state index contributed by atoms with van der Waals surface area (Å²) in [5.41, 5.74) is 1.66. The first-order valence-electron chi connectivity index (χ1n) is 7.78. The van der Waals surface area contributed by atoms with E-state index in [1.807, 2.05) is 31.0 Å². The molecule has 1 amide bonds. The monoisotopic (exact) mass is 380 g/mol. The van der Waals surface area contributed by atoms with Crippen molar-refractivity contribution in [3.8, 4) is 11.5 Å². The van der Waals surface area contributed by atoms with Gasteiger partial charge in [-0.05, 0) is 43.8 Å². The molecule has 1 aliphatic heterocycles. The molecule has 0 spiro atoms. The highest BCUT2D eigenvalue weighted by Crippen LogP contribution is 2.34. The molecule has 1 heterocycles. The van der Waals surface area contributed by atoms with Crippen LogP contribution in [0.2, 0.25) is 10.0 Å². The lowest BCUT2D eigenvalue weighted by atomic mass is 10.2. The number of fused-ring (bicyclic) bond motifs is 1. The van der Waals surface area contributed by atoms with Gasteiger partial charge >= 0.3 is 0 Å². The third-order valence-corrected chi connectivity index (χ3v) is 4.84. The highest BCUT2D eigenvalue weighted by Gasteiger charge is 2.20. The van der Waals surface area contributed by atoms with Crippen LogP contribution in [0.15, 0.2) is 36.4 Å². The summed E-state index contributed by atoms with van der Waals surface area (Å²) >= 11 is 12.0. The van der Waals surface area contributed by atoms with Crippen molar-refractivity contribution in [3.63, 3.8) is 0 Å². The highest BCUT2D eigenvalue weighted by molar-refractivity contribution is 6.42. The Morgan fingerprint density at radius 1 is 1.16 bits per heavy atom. The number of amides is 1. The molecule has 1 aliphatic rings. The smallest absolute Gasteiger partial charge is 0.241 e. The largest absolute Gasteiger partial charge is 0.454 e. The molecule has 2 aromatic carbocycles. The number of hydrogen-bond acceptors (Lipinski definition) is 4. The Morgan fingerprint density at radius 2 is 1.92 bits per heavy atom. The normalized spacial score (nSPS) is 13.8. The molecule has 1 N–H and O–H groups in total. The number of likely N-dealkylation sites (N-methyl/N-ethyl adjacent to an activating group) is 1. The van der Waals surface area contributed by atoms with Gasteiger partial charge in [-0.1, -0.05) is 29.3 Å². The number of halogens is 2. The third kappa shape index (κ3) is 4.18. The fraction of sp³-hybridized carbons (Fsp3) is 0.278. The Balaban J connectivity index is 1.62. The van der Waals surface area contributed by atoms with E-state index in [-0.39, 0.29) is 18.7 Å². The number of nitrogens with zero attached hydrogens (tertiary/aromatic N) is 1. The van der Waals surface area contributed by atoms with Crippen LogP contribution in [0.5, 0.6) is 11.5 Å². The van der Waals surface area contributed by atoms with E-state index in [9.17, 15) is 4.79 Å². The molecule has 0 aromatic heterocycles. The fourth-order valence-electron chi connectivity index (χ4n) is 2.48. The van der Waals surface area contributed by atoms with Crippen LogP contribution in [-0.4, -0.2) is 30.7 Å². The molecule has 3 rings (SSSR count). The zero-order chi connectivity index (χ0) is 18.0. The molecular formula is C18H18Cl2N2O3. The summed E-state index contributed by atoms with van der Waals surface area (Å²) in [5.74, 6) is 1.21. The predicted molar refractivity (Wildman–Crippen MR) is 98.6 cm³/mol. The van der Waals surface area contributed by atoms with Gasteiger partial charge in [0.25, 0.3) is 0 Å². The van der Waals surface area contributed by atoms with Crippen LogP contribution in [0.3, 0.4) is 0 Å². The number of ether oxygens (including phenoxy) is 2. The molecule has 0 unspecified atom stereocenters. The van der Waals surface area contributed by atoms with Gasteiger partial charge in [0, 0.05) is 18.3 Å². The van der Waals surface area contributed by atoms with Gasteiger partial charge in [-0.3, -0.25) is 9.69 Å². The van der Waals surface area contributed by atoms with Crippen molar-refractivity contribution in [2.24, 2.45) is 0 Å². The number of benzene rings is 2. The number of carbonyl (C=O) groups is 1. The molecule has 0 fully saturated rings. The summed E-state index contributed by atoms with van der Waals surface area (Å²) in [6.07, 6.45) is 0. The van der Waals surface area contributed by atoms with Gasteiger partial charge in [0.15, 0.2) is 11.5 Å². The topological polar surface area (TPSA) is 50.8 Å². The number of carbonyl (C=O) groups excluding carboxylic acids is 1. The number of rotatable bonds is 5. The van der Waals surface area contributed by atoms with Gasteiger partial charge < -0.3 is 14.8 Å². The molecule has 25 heavy (non-hydrogen) atoms. The Kier molecular flexibility index (Phi) is 5.37. The second-order valence-electron chi connectivity index (χ2n) is 5.90. The standard InChI is InChI=1S/C18H18Cl2N2O3/c1-11(22(2)9-12-3-5-14(19)15(20)7-12)18(23)21-13-4-6-16-17(8-13)25-10-24-16/h3-8,11H,9-10H2,1-2H3,(H,21,23)/t11-/m0/s1. The van der Waals surface area contributed by atoms with Gasteiger partial charge in [0.2, 0.25) is 12.7 Å². The van der Waals surface area contributed by atoms with Crippen LogP contribution in [0.25, 0.3) is 0 Å². The van der Waals surface area contributed by atoms with Gasteiger partial charge in [0.1, 0.15) is 0 Å². The van der Waals surface area contributed by atoms with E-state index in [1.165, 1.54) is 0 Å². The summed E-state index contributed by atoms with van der Waals surface area (Å²) in [5, 5.41) is 3.92. The van der Waals surface area contributed by atoms with Gasteiger partial charge in [-0.2, -0.15) is 0 Å². The third-order valence-electron chi connectivity index (χ3n) is 4.10. The van der Waals surface area contributed by atoms with E-state index in [0.717, 1.165) is 5.56 Å². The lowest BCUT2D eigenvalue weighted by molar-refractivity contribution is -0.120. The Bertz CT molecular complexity index is 798. The van der Waals surface area contributed by atoms with Crippen molar-refractivity contribution >= 4 is 34.8 Å². The maximum absolute atomic E-state index is 12.5. The summed E-state index contributed by atoms with van der Waals surface area (Å²) < 4.78 is 10.6. The van der Waals surface area contributed by atoms with Gasteiger partial charge in [-0.15, -0.1) is 0 Å². The molecule has 0 bridgehead atoms. The number of anilines is 1. The van der Waals surface area contributed by atoms with Crippen molar-refractivity contribution in [2.45, 2.75) is 19.5 Å². The molecule has 1 atom stereocenters. The minimum Gasteiger partial charge on any atom is -0.454 e. The first kappa shape index (κ1) is 17.9. The minimum absolute atomic E-state index is 0.110. The molecule has 0 saturated heterocycles. The van der Waals surface area contributed by atoms with E-state index in [0.29, 0.717) is 33.8 Å². The van der Waals surface area contributed by atoms with E-state index in [2.05, 4.69) is 5.32 Å². The van der Waals surface area contributed by atoms with Crippen molar-refractivity contribution in [2.75, 3.05) is 19.2 Å². The summed E-state index contributed by atoms with van der Waals surface area (Å²) in [7, 11) is 1.88. The van der Waals surface area contributed by atoms with Crippen LogP contribution in [0, 0.1) is 0 Å².